The summed E-state index contributed by atoms with van der Waals surface area (Å²) >= 11 is 0. The van der Waals surface area contributed by atoms with Crippen molar-refractivity contribution in [1.82, 2.24) is 0 Å². The quantitative estimate of drug-likeness (QED) is 0.416. The molecule has 3 aliphatic rings. The van der Waals surface area contributed by atoms with Crippen molar-refractivity contribution in [2.75, 3.05) is 26.7 Å². The van der Waals surface area contributed by atoms with Crippen molar-refractivity contribution in [3.8, 4) is 0 Å². The number of quaternary nitrogens is 1. The SMILES string of the molecule is CC(C)C1C(=O)[C@@H]2CC[N+]3(C)CC=C(COC(=O)C(C)(O)C1C)C23O. The summed E-state index contributed by atoms with van der Waals surface area (Å²) in [7, 11) is 1.95. The van der Waals surface area contributed by atoms with Gasteiger partial charge in [-0.15, -0.1) is 0 Å². The molecule has 2 N–H and O–H groups in total. The minimum atomic E-state index is -1.74. The molecule has 3 rings (SSSR count). The smallest absolute Gasteiger partial charge is 0.338 e. The van der Waals surface area contributed by atoms with Crippen LogP contribution in [0, 0.1) is 23.7 Å². The maximum atomic E-state index is 13.5. The molecule has 5 unspecified atom stereocenters. The second-order valence-corrected chi connectivity index (χ2v) is 8.78. The first-order valence-corrected chi connectivity index (χ1v) is 9.16. The highest BCUT2D eigenvalue weighted by Gasteiger charge is 2.67. The Morgan fingerprint density at radius 3 is 2.56 bits per heavy atom. The standard InChI is InChI=1S/C19H30NO5/c1-11(2)15-12(3)18(4,23)17(22)25-10-13-6-8-20(5)9-7-14(16(15)21)19(13,20)24/h6,11-12,14-15,23-24H,7-10H2,1-5H3/q+1/t12?,14-,15?,18?,19?,20?/m0/s1. The van der Waals surface area contributed by atoms with Gasteiger partial charge in [-0.05, 0) is 18.9 Å². The molecule has 140 valence electrons. The average molecular weight is 352 g/mol. The van der Waals surface area contributed by atoms with E-state index in [4.69, 9.17) is 4.74 Å². The summed E-state index contributed by atoms with van der Waals surface area (Å²) in [5.41, 5.74) is -2.46. The third-order valence-electron chi connectivity index (χ3n) is 7.02. The monoisotopic (exact) mass is 352 g/mol. The second-order valence-electron chi connectivity index (χ2n) is 8.78. The summed E-state index contributed by atoms with van der Waals surface area (Å²) in [4.78, 5) is 26.0. The Bertz CT molecular complexity index is 640. The van der Waals surface area contributed by atoms with E-state index in [9.17, 15) is 19.8 Å². The Balaban J connectivity index is 2.12. The van der Waals surface area contributed by atoms with Crippen molar-refractivity contribution >= 4 is 11.8 Å². The van der Waals surface area contributed by atoms with Gasteiger partial charge in [0.1, 0.15) is 24.9 Å². The fourth-order valence-electron chi connectivity index (χ4n) is 5.14. The summed E-state index contributed by atoms with van der Waals surface area (Å²) in [6.07, 6.45) is 2.49. The van der Waals surface area contributed by atoms with Crippen molar-refractivity contribution in [3.05, 3.63) is 11.6 Å². The van der Waals surface area contributed by atoms with Crippen LogP contribution in [0.15, 0.2) is 11.6 Å². The Kier molecular flexibility index (Phi) is 4.18. The van der Waals surface area contributed by atoms with Gasteiger partial charge in [-0.1, -0.05) is 20.8 Å². The van der Waals surface area contributed by atoms with E-state index in [1.807, 2.05) is 27.0 Å². The molecule has 0 aromatic heterocycles. The van der Waals surface area contributed by atoms with Gasteiger partial charge in [0.25, 0.3) is 0 Å². The fraction of sp³-hybridized carbons (Fsp3) is 0.789. The number of cyclic esters (lactones) is 1. The Morgan fingerprint density at radius 2 is 1.96 bits per heavy atom. The van der Waals surface area contributed by atoms with Crippen LogP contribution in [0.3, 0.4) is 0 Å². The van der Waals surface area contributed by atoms with Crippen molar-refractivity contribution in [1.29, 1.82) is 0 Å². The van der Waals surface area contributed by atoms with Crippen LogP contribution in [0.4, 0.5) is 0 Å². The lowest BCUT2D eigenvalue weighted by Gasteiger charge is -2.43. The maximum absolute atomic E-state index is 13.5. The minimum Gasteiger partial charge on any atom is -0.459 e. The maximum Gasteiger partial charge on any atom is 0.338 e. The van der Waals surface area contributed by atoms with Gasteiger partial charge in [-0.3, -0.25) is 9.28 Å². The van der Waals surface area contributed by atoms with Gasteiger partial charge in [-0.2, -0.15) is 0 Å². The first-order valence-electron chi connectivity index (χ1n) is 9.16. The van der Waals surface area contributed by atoms with Gasteiger partial charge in [0.15, 0.2) is 5.60 Å². The number of ketones is 1. The first-order chi connectivity index (χ1) is 11.5. The molecule has 25 heavy (non-hydrogen) atoms. The molecule has 2 saturated heterocycles. The first kappa shape index (κ1) is 18.5. The number of carbonyl (C=O) groups excluding carboxylic acids is 2. The number of Topliss-reactive ketones (excluding diaryl/α,β-unsaturated/α-hetero) is 1. The number of hydrogen-bond acceptors (Lipinski definition) is 5. The number of aliphatic hydroxyl groups is 2. The number of esters is 1. The molecule has 3 aliphatic heterocycles. The molecule has 0 aliphatic carbocycles. The van der Waals surface area contributed by atoms with E-state index < -0.39 is 35.0 Å². The average Bonchev–Trinajstić information content (AvgIpc) is 2.91. The van der Waals surface area contributed by atoms with Crippen molar-refractivity contribution < 1.29 is 29.0 Å². The van der Waals surface area contributed by atoms with Crippen LogP contribution >= 0.6 is 0 Å². The van der Waals surface area contributed by atoms with Crippen LogP contribution < -0.4 is 0 Å². The zero-order valence-corrected chi connectivity index (χ0v) is 15.8. The van der Waals surface area contributed by atoms with Crippen molar-refractivity contribution in [2.45, 2.75) is 45.4 Å². The van der Waals surface area contributed by atoms with Crippen LogP contribution in [0.25, 0.3) is 0 Å². The molecular weight excluding hydrogens is 322 g/mol. The lowest BCUT2D eigenvalue weighted by molar-refractivity contribution is -0.955. The molecule has 0 spiro atoms. The Morgan fingerprint density at radius 1 is 1.32 bits per heavy atom. The number of likely N-dealkylation sites (N-methyl/N-ethyl adjacent to an activating group) is 1. The van der Waals surface area contributed by atoms with Crippen molar-refractivity contribution in [2.24, 2.45) is 23.7 Å². The lowest BCUT2D eigenvalue weighted by atomic mass is 9.68. The van der Waals surface area contributed by atoms with Crippen LogP contribution in [0.2, 0.25) is 0 Å². The van der Waals surface area contributed by atoms with Crippen LogP contribution in [-0.4, -0.2) is 64.5 Å². The molecule has 2 fully saturated rings. The normalized spacial score (nSPS) is 47.5. The van der Waals surface area contributed by atoms with E-state index in [-0.39, 0.29) is 18.3 Å². The Labute approximate surface area is 149 Å². The molecule has 6 atom stereocenters. The highest BCUT2D eigenvalue weighted by atomic mass is 16.6. The predicted octanol–water partition coefficient (Wildman–Crippen LogP) is 0.867. The van der Waals surface area contributed by atoms with Gasteiger partial charge in [0.2, 0.25) is 5.72 Å². The summed E-state index contributed by atoms with van der Waals surface area (Å²) in [5, 5.41) is 22.4. The van der Waals surface area contributed by atoms with Crippen molar-refractivity contribution in [3.63, 3.8) is 0 Å². The number of rotatable bonds is 1. The van der Waals surface area contributed by atoms with Crippen LogP contribution in [-0.2, 0) is 14.3 Å². The number of nitrogens with zero attached hydrogens (tertiary/aromatic N) is 1. The zero-order chi connectivity index (χ0) is 18.8. The zero-order valence-electron chi connectivity index (χ0n) is 15.8. The molecule has 3 heterocycles. The van der Waals surface area contributed by atoms with Gasteiger partial charge >= 0.3 is 5.97 Å². The topological polar surface area (TPSA) is 83.8 Å². The Hall–Kier alpha value is -1.24. The molecule has 0 amide bonds. The molecule has 6 nitrogen and oxygen atoms in total. The van der Waals surface area contributed by atoms with E-state index in [0.29, 0.717) is 29.6 Å². The third-order valence-corrected chi connectivity index (χ3v) is 7.02. The van der Waals surface area contributed by atoms with Gasteiger partial charge in [0, 0.05) is 18.3 Å². The van der Waals surface area contributed by atoms with E-state index in [1.54, 1.807) is 6.92 Å². The van der Waals surface area contributed by atoms with E-state index >= 15 is 0 Å². The largest absolute Gasteiger partial charge is 0.459 e. The summed E-state index contributed by atoms with van der Waals surface area (Å²) < 4.78 is 5.74. The highest BCUT2D eigenvalue weighted by molar-refractivity contribution is 5.88. The summed E-state index contributed by atoms with van der Waals surface area (Å²) in [6, 6.07) is 0. The second kappa shape index (κ2) is 5.63. The summed E-state index contributed by atoms with van der Waals surface area (Å²) in [5.74, 6) is -2.49. The minimum absolute atomic E-state index is 0.0466. The molecule has 0 radical (unpaired) electrons. The molecule has 0 aromatic carbocycles. The predicted molar refractivity (Wildman–Crippen MR) is 91.1 cm³/mol. The molecule has 0 aromatic rings. The van der Waals surface area contributed by atoms with E-state index in [1.165, 1.54) is 6.92 Å². The molecule has 0 saturated carbocycles. The third kappa shape index (κ3) is 2.34. The number of ether oxygens (including phenoxy) is 1. The highest BCUT2D eigenvalue weighted by Crippen LogP contribution is 2.50. The van der Waals surface area contributed by atoms with E-state index in [2.05, 4.69) is 0 Å². The molecule has 6 heteroatoms. The van der Waals surface area contributed by atoms with E-state index in [0.717, 1.165) is 0 Å². The fourth-order valence-corrected chi connectivity index (χ4v) is 5.14. The van der Waals surface area contributed by atoms with Crippen LogP contribution in [0.1, 0.15) is 34.1 Å². The van der Waals surface area contributed by atoms with Gasteiger partial charge in [-0.25, -0.2) is 4.79 Å². The number of hydrogen-bond donors (Lipinski definition) is 2. The van der Waals surface area contributed by atoms with Gasteiger partial charge < -0.3 is 14.9 Å². The summed E-state index contributed by atoms with van der Waals surface area (Å²) in [6.45, 7) is 8.23. The number of carbonyl (C=O) groups is 2. The molecule has 0 bridgehead atoms. The lowest BCUT2D eigenvalue weighted by Crippen LogP contribution is -2.62. The van der Waals surface area contributed by atoms with Gasteiger partial charge in [0.05, 0.1) is 19.2 Å². The molecular formula is C19H30NO5+. The van der Waals surface area contributed by atoms with Crippen LogP contribution in [0.5, 0.6) is 0 Å².